The standard InChI is InChI=1S/C20H19ClN2O3/c1-3-8-26-19-16(21)10-14(11-18(19)25-2)20(24)23-15-9-13-6-4-5-7-17(13)22-12-15/h4-7,9-12H,3,8H2,1-2H3,(H,23,24). The molecule has 0 spiro atoms. The summed E-state index contributed by atoms with van der Waals surface area (Å²) in [5.41, 5.74) is 1.85. The van der Waals surface area contributed by atoms with Gasteiger partial charge in [-0.3, -0.25) is 9.78 Å². The Balaban J connectivity index is 1.85. The number of amides is 1. The van der Waals surface area contributed by atoms with Crippen molar-refractivity contribution < 1.29 is 14.3 Å². The zero-order valence-corrected chi connectivity index (χ0v) is 15.3. The molecule has 0 radical (unpaired) electrons. The number of hydrogen-bond donors (Lipinski definition) is 1. The first-order valence-corrected chi connectivity index (χ1v) is 8.66. The number of nitrogens with one attached hydrogen (secondary N) is 1. The largest absolute Gasteiger partial charge is 0.493 e. The number of aromatic nitrogens is 1. The van der Waals surface area contributed by atoms with Gasteiger partial charge in [0, 0.05) is 10.9 Å². The van der Waals surface area contributed by atoms with Crippen molar-refractivity contribution in [2.24, 2.45) is 0 Å². The summed E-state index contributed by atoms with van der Waals surface area (Å²) >= 11 is 6.28. The number of rotatable bonds is 6. The second-order valence-electron chi connectivity index (χ2n) is 5.71. The van der Waals surface area contributed by atoms with Crippen molar-refractivity contribution in [2.45, 2.75) is 13.3 Å². The highest BCUT2D eigenvalue weighted by molar-refractivity contribution is 6.32. The average Bonchev–Trinajstić information content (AvgIpc) is 2.66. The predicted molar refractivity (Wildman–Crippen MR) is 103 cm³/mol. The maximum absolute atomic E-state index is 12.6. The van der Waals surface area contributed by atoms with Crippen molar-refractivity contribution in [3.05, 3.63) is 59.2 Å². The molecule has 1 N–H and O–H groups in total. The number of pyridine rings is 1. The van der Waals surface area contributed by atoms with E-state index in [0.717, 1.165) is 17.3 Å². The fourth-order valence-corrected chi connectivity index (χ4v) is 2.80. The number of carbonyl (C=O) groups is 1. The first-order chi connectivity index (χ1) is 12.6. The van der Waals surface area contributed by atoms with Crippen molar-refractivity contribution in [1.29, 1.82) is 0 Å². The highest BCUT2D eigenvalue weighted by Gasteiger charge is 2.16. The van der Waals surface area contributed by atoms with Crippen LogP contribution in [0.1, 0.15) is 23.7 Å². The molecule has 0 aliphatic rings. The SMILES string of the molecule is CCCOc1c(Cl)cc(C(=O)Nc2cnc3ccccc3c2)cc1OC. The van der Waals surface area contributed by atoms with E-state index in [1.807, 2.05) is 37.3 Å². The van der Waals surface area contributed by atoms with Crippen LogP contribution in [0, 0.1) is 0 Å². The van der Waals surface area contributed by atoms with Gasteiger partial charge in [0.15, 0.2) is 11.5 Å². The van der Waals surface area contributed by atoms with Crippen LogP contribution in [0.2, 0.25) is 5.02 Å². The minimum absolute atomic E-state index is 0.302. The van der Waals surface area contributed by atoms with E-state index >= 15 is 0 Å². The summed E-state index contributed by atoms with van der Waals surface area (Å²) in [5, 5.41) is 4.12. The molecule has 0 fully saturated rings. The Labute approximate surface area is 156 Å². The molecule has 1 aromatic heterocycles. The lowest BCUT2D eigenvalue weighted by Crippen LogP contribution is -2.12. The van der Waals surface area contributed by atoms with Gasteiger partial charge in [-0.2, -0.15) is 0 Å². The lowest BCUT2D eigenvalue weighted by Gasteiger charge is -2.14. The van der Waals surface area contributed by atoms with Gasteiger partial charge >= 0.3 is 0 Å². The first-order valence-electron chi connectivity index (χ1n) is 8.29. The van der Waals surface area contributed by atoms with E-state index < -0.39 is 0 Å². The van der Waals surface area contributed by atoms with Crippen molar-refractivity contribution in [3.8, 4) is 11.5 Å². The Morgan fingerprint density at radius 2 is 2.04 bits per heavy atom. The number of nitrogens with zero attached hydrogens (tertiary/aromatic N) is 1. The average molecular weight is 371 g/mol. The van der Waals surface area contributed by atoms with Crippen LogP contribution in [0.15, 0.2) is 48.7 Å². The number of hydrogen-bond acceptors (Lipinski definition) is 4. The van der Waals surface area contributed by atoms with Gasteiger partial charge in [-0.25, -0.2) is 0 Å². The molecule has 0 saturated heterocycles. The lowest BCUT2D eigenvalue weighted by molar-refractivity contribution is 0.102. The van der Waals surface area contributed by atoms with Gasteiger partial charge in [-0.05, 0) is 30.7 Å². The van der Waals surface area contributed by atoms with Gasteiger partial charge in [-0.15, -0.1) is 0 Å². The van der Waals surface area contributed by atoms with Gasteiger partial charge in [0.05, 0.1) is 36.1 Å². The fraction of sp³-hybridized carbons (Fsp3) is 0.200. The Hall–Kier alpha value is -2.79. The molecule has 0 aliphatic heterocycles. The molecule has 0 atom stereocenters. The number of fused-ring (bicyclic) bond motifs is 1. The van der Waals surface area contributed by atoms with Crippen LogP contribution in [0.25, 0.3) is 10.9 Å². The number of carbonyl (C=O) groups excluding carboxylic acids is 1. The molecule has 0 bridgehead atoms. The third-order valence-electron chi connectivity index (χ3n) is 3.79. The number of para-hydroxylation sites is 1. The smallest absolute Gasteiger partial charge is 0.255 e. The van der Waals surface area contributed by atoms with Crippen molar-refractivity contribution in [3.63, 3.8) is 0 Å². The minimum atomic E-state index is -0.302. The van der Waals surface area contributed by atoms with E-state index in [0.29, 0.717) is 34.4 Å². The summed E-state index contributed by atoms with van der Waals surface area (Å²) in [4.78, 5) is 16.9. The number of halogens is 1. The van der Waals surface area contributed by atoms with E-state index in [-0.39, 0.29) is 5.91 Å². The van der Waals surface area contributed by atoms with Crippen molar-refractivity contribution in [1.82, 2.24) is 4.98 Å². The molecule has 0 aliphatic carbocycles. The molecule has 26 heavy (non-hydrogen) atoms. The van der Waals surface area contributed by atoms with Crippen LogP contribution < -0.4 is 14.8 Å². The summed E-state index contributed by atoms with van der Waals surface area (Å²) in [5.74, 6) is 0.567. The molecule has 2 aromatic carbocycles. The molecule has 3 aromatic rings. The number of anilines is 1. The van der Waals surface area contributed by atoms with E-state index in [4.69, 9.17) is 21.1 Å². The summed E-state index contributed by atoms with van der Waals surface area (Å²) in [6, 6.07) is 12.8. The number of ether oxygens (including phenoxy) is 2. The third kappa shape index (κ3) is 3.89. The van der Waals surface area contributed by atoms with Crippen molar-refractivity contribution >= 4 is 34.1 Å². The Bertz CT molecular complexity index is 943. The van der Waals surface area contributed by atoms with Crippen LogP contribution in [0.3, 0.4) is 0 Å². The van der Waals surface area contributed by atoms with Crippen LogP contribution in [0.5, 0.6) is 11.5 Å². The molecule has 6 heteroatoms. The van der Waals surface area contributed by atoms with E-state index in [1.165, 1.54) is 7.11 Å². The zero-order valence-electron chi connectivity index (χ0n) is 14.6. The normalized spacial score (nSPS) is 10.6. The van der Waals surface area contributed by atoms with E-state index in [9.17, 15) is 4.79 Å². The van der Waals surface area contributed by atoms with Gasteiger partial charge in [-0.1, -0.05) is 36.7 Å². The lowest BCUT2D eigenvalue weighted by atomic mass is 10.1. The maximum Gasteiger partial charge on any atom is 0.255 e. The number of benzene rings is 2. The van der Waals surface area contributed by atoms with Crippen LogP contribution in [-0.2, 0) is 0 Å². The predicted octanol–water partition coefficient (Wildman–Crippen LogP) is 4.94. The molecule has 0 unspecified atom stereocenters. The fourth-order valence-electron chi connectivity index (χ4n) is 2.54. The zero-order chi connectivity index (χ0) is 18.5. The van der Waals surface area contributed by atoms with Crippen molar-refractivity contribution in [2.75, 3.05) is 19.0 Å². The number of methoxy groups -OCH3 is 1. The van der Waals surface area contributed by atoms with Gasteiger partial charge in [0.1, 0.15) is 0 Å². The van der Waals surface area contributed by atoms with Gasteiger partial charge in [0.25, 0.3) is 5.91 Å². The van der Waals surface area contributed by atoms with E-state index in [2.05, 4.69) is 10.3 Å². The highest BCUT2D eigenvalue weighted by atomic mass is 35.5. The molecule has 1 amide bonds. The second kappa shape index (κ2) is 8.06. The van der Waals surface area contributed by atoms with Crippen LogP contribution >= 0.6 is 11.6 Å². The van der Waals surface area contributed by atoms with Gasteiger partial charge < -0.3 is 14.8 Å². The second-order valence-corrected chi connectivity index (χ2v) is 6.12. The topological polar surface area (TPSA) is 60.5 Å². The Morgan fingerprint density at radius 3 is 2.81 bits per heavy atom. The van der Waals surface area contributed by atoms with E-state index in [1.54, 1.807) is 18.3 Å². The molecular formula is C20H19ClN2O3. The van der Waals surface area contributed by atoms with Crippen LogP contribution in [0.4, 0.5) is 5.69 Å². The molecule has 3 rings (SSSR count). The summed E-state index contributed by atoms with van der Waals surface area (Å²) in [7, 11) is 1.51. The molecule has 1 heterocycles. The molecule has 0 saturated carbocycles. The summed E-state index contributed by atoms with van der Waals surface area (Å²) in [6.07, 6.45) is 2.47. The maximum atomic E-state index is 12.6. The quantitative estimate of drug-likeness (QED) is 0.667. The Kier molecular flexibility index (Phi) is 5.58. The monoisotopic (exact) mass is 370 g/mol. The minimum Gasteiger partial charge on any atom is -0.493 e. The van der Waals surface area contributed by atoms with Crippen LogP contribution in [-0.4, -0.2) is 24.6 Å². The van der Waals surface area contributed by atoms with Gasteiger partial charge in [0.2, 0.25) is 0 Å². The highest BCUT2D eigenvalue weighted by Crippen LogP contribution is 2.36. The Morgan fingerprint density at radius 1 is 1.23 bits per heavy atom. The summed E-state index contributed by atoms with van der Waals surface area (Å²) in [6.45, 7) is 2.52. The summed E-state index contributed by atoms with van der Waals surface area (Å²) < 4.78 is 10.9. The molecular weight excluding hydrogens is 352 g/mol. The molecule has 134 valence electrons. The third-order valence-corrected chi connectivity index (χ3v) is 4.07. The molecule has 5 nitrogen and oxygen atoms in total. The first kappa shape index (κ1) is 18.0.